The van der Waals surface area contributed by atoms with Crippen LogP contribution in [-0.2, 0) is 14.3 Å². The zero-order valence-corrected chi connectivity index (χ0v) is 8.30. The van der Waals surface area contributed by atoms with Crippen LogP contribution in [0.4, 0.5) is 4.79 Å². The van der Waals surface area contributed by atoms with Crippen LogP contribution in [0.5, 0.6) is 0 Å². The summed E-state index contributed by atoms with van der Waals surface area (Å²) < 4.78 is 25.4. The van der Waals surface area contributed by atoms with Crippen LogP contribution >= 0.6 is 0 Å². The summed E-state index contributed by atoms with van der Waals surface area (Å²) in [6, 6.07) is -0.320. The van der Waals surface area contributed by atoms with E-state index in [0.29, 0.717) is 6.42 Å². The normalized spacial score (nSPS) is 13.7. The van der Waals surface area contributed by atoms with Gasteiger partial charge in [0.15, 0.2) is 0 Å². The van der Waals surface area contributed by atoms with Gasteiger partial charge < -0.3 is 10.4 Å². The lowest BCUT2D eigenvalue weighted by Gasteiger charge is -2.09. The molecule has 0 aliphatic carbocycles. The molecule has 0 fully saturated rings. The van der Waals surface area contributed by atoms with Crippen LogP contribution in [0.15, 0.2) is 0 Å². The van der Waals surface area contributed by atoms with Crippen LogP contribution in [-0.4, -0.2) is 38.5 Å². The van der Waals surface area contributed by atoms with Crippen LogP contribution in [0.25, 0.3) is 0 Å². The maximum atomic E-state index is 10.5. The largest absolute Gasteiger partial charge is 0.465 e. The van der Waals surface area contributed by atoms with Crippen molar-refractivity contribution < 1.29 is 22.5 Å². The van der Waals surface area contributed by atoms with Gasteiger partial charge in [-0.2, -0.15) is 8.42 Å². The van der Waals surface area contributed by atoms with Gasteiger partial charge in [-0.3, -0.25) is 4.18 Å². The van der Waals surface area contributed by atoms with Crippen LogP contribution in [0.1, 0.15) is 13.3 Å². The third-order valence-electron chi connectivity index (χ3n) is 1.22. The van der Waals surface area contributed by atoms with E-state index in [1.54, 1.807) is 6.92 Å². The molecule has 0 rings (SSSR count). The lowest BCUT2D eigenvalue weighted by Crippen LogP contribution is -2.32. The highest BCUT2D eigenvalue weighted by Gasteiger charge is 2.07. The number of nitrogens with one attached hydrogen (secondary N) is 1. The summed E-state index contributed by atoms with van der Waals surface area (Å²) in [6.45, 7) is 1.61. The van der Waals surface area contributed by atoms with Gasteiger partial charge >= 0.3 is 6.09 Å². The van der Waals surface area contributed by atoms with Crippen molar-refractivity contribution in [3.8, 4) is 0 Å². The number of rotatable bonds is 5. The minimum atomic E-state index is -3.42. The average molecular weight is 211 g/mol. The number of amides is 1. The van der Waals surface area contributed by atoms with Crippen molar-refractivity contribution in [2.24, 2.45) is 0 Å². The van der Waals surface area contributed by atoms with Gasteiger partial charge in [0.1, 0.15) is 0 Å². The molecule has 1 unspecified atom stereocenters. The van der Waals surface area contributed by atoms with Crippen LogP contribution < -0.4 is 5.32 Å². The van der Waals surface area contributed by atoms with E-state index in [1.165, 1.54) is 0 Å². The second-order valence-electron chi connectivity index (χ2n) is 2.67. The van der Waals surface area contributed by atoms with Gasteiger partial charge in [-0.15, -0.1) is 0 Å². The summed E-state index contributed by atoms with van der Waals surface area (Å²) in [5, 5.41) is 10.4. The summed E-state index contributed by atoms with van der Waals surface area (Å²) in [6.07, 6.45) is 0.133. The summed E-state index contributed by atoms with van der Waals surface area (Å²) in [7, 11) is -3.42. The van der Waals surface area contributed by atoms with Crippen molar-refractivity contribution in [1.29, 1.82) is 0 Å². The monoisotopic (exact) mass is 211 g/mol. The van der Waals surface area contributed by atoms with Crippen molar-refractivity contribution in [2.45, 2.75) is 19.4 Å². The summed E-state index contributed by atoms with van der Waals surface area (Å²) in [5.41, 5.74) is 0. The van der Waals surface area contributed by atoms with E-state index in [4.69, 9.17) is 5.11 Å². The van der Waals surface area contributed by atoms with Crippen LogP contribution in [0.3, 0.4) is 0 Å². The predicted octanol–water partition coefficient (Wildman–Crippen LogP) is 0.00880. The molecule has 0 aromatic rings. The number of carboxylic acid groups (broad SMARTS) is 1. The molecule has 0 aromatic heterocycles. The molecule has 7 heteroatoms. The minimum Gasteiger partial charge on any atom is -0.465 e. The van der Waals surface area contributed by atoms with Crippen molar-refractivity contribution in [2.75, 3.05) is 12.9 Å². The van der Waals surface area contributed by atoms with Crippen molar-refractivity contribution in [1.82, 2.24) is 5.32 Å². The molecule has 0 saturated carbocycles. The van der Waals surface area contributed by atoms with Crippen LogP contribution in [0, 0.1) is 0 Å². The van der Waals surface area contributed by atoms with Crippen LogP contribution in [0.2, 0.25) is 0 Å². The highest BCUT2D eigenvalue weighted by molar-refractivity contribution is 7.85. The molecule has 1 atom stereocenters. The Balaban J connectivity index is 3.60. The van der Waals surface area contributed by atoms with E-state index in [1.807, 2.05) is 0 Å². The van der Waals surface area contributed by atoms with Gasteiger partial charge in [0.05, 0.1) is 12.9 Å². The minimum absolute atomic E-state index is 0.0136. The van der Waals surface area contributed by atoms with E-state index in [9.17, 15) is 13.2 Å². The average Bonchev–Trinajstić information content (AvgIpc) is 1.81. The molecule has 1 amide bonds. The Labute approximate surface area is 77.0 Å². The third kappa shape index (κ3) is 9.09. The molecule has 2 N–H and O–H groups in total. The Bertz CT molecular complexity index is 260. The third-order valence-corrected chi connectivity index (χ3v) is 1.81. The van der Waals surface area contributed by atoms with Gasteiger partial charge in [0, 0.05) is 6.04 Å². The van der Waals surface area contributed by atoms with Gasteiger partial charge in [0.25, 0.3) is 10.1 Å². The van der Waals surface area contributed by atoms with Crippen molar-refractivity contribution >= 4 is 16.2 Å². The van der Waals surface area contributed by atoms with Gasteiger partial charge in [-0.1, -0.05) is 0 Å². The topological polar surface area (TPSA) is 92.7 Å². The second kappa shape index (κ2) is 5.03. The summed E-state index contributed by atoms with van der Waals surface area (Å²) in [5.74, 6) is 0. The van der Waals surface area contributed by atoms with Crippen molar-refractivity contribution in [3.63, 3.8) is 0 Å². The highest BCUT2D eigenvalue weighted by Crippen LogP contribution is 1.94. The second-order valence-corrected chi connectivity index (χ2v) is 4.31. The van der Waals surface area contributed by atoms with E-state index < -0.39 is 16.2 Å². The Kier molecular flexibility index (Phi) is 4.71. The lowest BCUT2D eigenvalue weighted by atomic mass is 10.2. The van der Waals surface area contributed by atoms with Gasteiger partial charge in [0.2, 0.25) is 0 Å². The maximum Gasteiger partial charge on any atom is 0.404 e. The molecule has 0 aliphatic rings. The fraction of sp³-hybridized carbons (Fsp3) is 0.833. The summed E-state index contributed by atoms with van der Waals surface area (Å²) in [4.78, 5) is 10.1. The molecule has 0 aromatic carbocycles. The fourth-order valence-electron chi connectivity index (χ4n) is 0.659. The first kappa shape index (κ1) is 12.2. The molecular formula is C6H13NO5S. The first-order chi connectivity index (χ1) is 5.81. The molecule has 0 heterocycles. The van der Waals surface area contributed by atoms with E-state index >= 15 is 0 Å². The number of carbonyl (C=O) groups is 1. The molecule has 0 radical (unpaired) electrons. The van der Waals surface area contributed by atoms with E-state index in [2.05, 4.69) is 9.50 Å². The zero-order valence-electron chi connectivity index (χ0n) is 7.48. The van der Waals surface area contributed by atoms with Gasteiger partial charge in [-0.25, -0.2) is 4.79 Å². The van der Waals surface area contributed by atoms with E-state index in [-0.39, 0.29) is 12.6 Å². The smallest absolute Gasteiger partial charge is 0.404 e. The Hall–Kier alpha value is -0.820. The molecule has 0 saturated heterocycles. The van der Waals surface area contributed by atoms with E-state index in [0.717, 1.165) is 6.26 Å². The SMILES string of the molecule is CC(CCOS(C)(=O)=O)NC(=O)O. The maximum absolute atomic E-state index is 10.5. The van der Waals surface area contributed by atoms with Crippen molar-refractivity contribution in [3.05, 3.63) is 0 Å². The molecule has 13 heavy (non-hydrogen) atoms. The Morgan fingerprint density at radius 1 is 1.62 bits per heavy atom. The lowest BCUT2D eigenvalue weighted by molar-refractivity contribution is 0.188. The number of hydrogen-bond donors (Lipinski definition) is 2. The number of hydrogen-bond acceptors (Lipinski definition) is 4. The zero-order chi connectivity index (χ0) is 10.5. The standard InChI is InChI=1S/C6H13NO5S/c1-5(7-6(8)9)3-4-12-13(2,10)11/h5,7H,3-4H2,1-2H3,(H,8,9). The predicted molar refractivity (Wildman–Crippen MR) is 46.0 cm³/mol. The molecule has 0 bridgehead atoms. The fourth-order valence-corrected chi connectivity index (χ4v) is 1.06. The molecule has 0 spiro atoms. The molecule has 6 nitrogen and oxygen atoms in total. The first-order valence-corrected chi connectivity index (χ1v) is 5.47. The summed E-state index contributed by atoms with van der Waals surface area (Å²) >= 11 is 0. The molecule has 0 aliphatic heterocycles. The quantitative estimate of drug-likeness (QED) is 0.625. The first-order valence-electron chi connectivity index (χ1n) is 3.65. The molecular weight excluding hydrogens is 198 g/mol. The molecule has 78 valence electrons. The Morgan fingerprint density at radius 2 is 2.15 bits per heavy atom. The van der Waals surface area contributed by atoms with Gasteiger partial charge in [-0.05, 0) is 13.3 Å². The highest BCUT2D eigenvalue weighted by atomic mass is 32.2. The Morgan fingerprint density at radius 3 is 2.54 bits per heavy atom.